The van der Waals surface area contributed by atoms with Gasteiger partial charge in [-0.15, -0.1) is 0 Å². The van der Waals surface area contributed by atoms with Crippen molar-refractivity contribution < 1.29 is 28.8 Å². The molecule has 1 aliphatic heterocycles. The van der Waals surface area contributed by atoms with Crippen molar-refractivity contribution in [3.05, 3.63) is 48.4 Å². The number of benzene rings is 1. The molecular formula is C50H69N3O6. The largest absolute Gasteiger partial charge is 0.481 e. The molecule has 13 atom stereocenters. The van der Waals surface area contributed by atoms with E-state index in [2.05, 4.69) is 58.2 Å². The van der Waals surface area contributed by atoms with Gasteiger partial charge in [0.1, 0.15) is 12.1 Å². The summed E-state index contributed by atoms with van der Waals surface area (Å²) in [4.78, 5) is 48.0. The molecule has 0 radical (unpaired) electrons. The molecule has 59 heavy (non-hydrogen) atoms. The first-order valence-electron chi connectivity index (χ1n) is 23.1. The highest BCUT2D eigenvalue weighted by Crippen LogP contribution is 2.78. The number of carboxylic acid groups (broad SMARTS) is 1. The number of hydrogen-bond donors (Lipinski definition) is 1. The topological polar surface area (TPSA) is 123 Å². The lowest BCUT2D eigenvalue weighted by Gasteiger charge is -2.73. The van der Waals surface area contributed by atoms with Crippen LogP contribution in [0.5, 0.6) is 0 Å². The number of aromatic nitrogens is 2. The summed E-state index contributed by atoms with van der Waals surface area (Å²) < 4.78 is 12.4. The van der Waals surface area contributed by atoms with Crippen LogP contribution < -0.4 is 0 Å². The van der Waals surface area contributed by atoms with Gasteiger partial charge in [-0.25, -0.2) is 0 Å². The van der Waals surface area contributed by atoms with E-state index >= 15 is 4.79 Å². The fraction of sp³-hybridized carbons (Fsp3) is 0.740. The lowest BCUT2D eigenvalue weighted by Crippen LogP contribution is -2.67. The van der Waals surface area contributed by atoms with Crippen LogP contribution in [-0.4, -0.2) is 50.6 Å². The van der Waals surface area contributed by atoms with E-state index in [0.29, 0.717) is 47.7 Å². The molecule has 9 nitrogen and oxygen atoms in total. The highest BCUT2D eigenvalue weighted by atomic mass is 16.5. The zero-order valence-corrected chi connectivity index (χ0v) is 37.0. The molecule has 320 valence electrons. The zero-order chi connectivity index (χ0) is 42.1. The van der Waals surface area contributed by atoms with Crippen molar-refractivity contribution in [3.8, 4) is 11.4 Å². The Labute approximate surface area is 351 Å². The molecule has 1 aromatic carbocycles. The number of carbonyl (C=O) groups excluding carboxylic acids is 2. The summed E-state index contributed by atoms with van der Waals surface area (Å²) in [7, 11) is 0. The third-order valence-corrected chi connectivity index (χ3v) is 19.8. The van der Waals surface area contributed by atoms with E-state index in [1.807, 2.05) is 44.2 Å². The van der Waals surface area contributed by atoms with Gasteiger partial charge in [-0.2, -0.15) is 4.98 Å². The first-order valence-corrected chi connectivity index (χ1v) is 23.1. The first-order chi connectivity index (χ1) is 27.8. The number of aliphatic carboxylic acids is 1. The fourth-order valence-electron chi connectivity index (χ4n) is 16.3. The predicted octanol–water partition coefficient (Wildman–Crippen LogP) is 10.7. The zero-order valence-electron chi connectivity index (χ0n) is 37.0. The number of allylic oxidation sites excluding steroid dienone is 1. The van der Waals surface area contributed by atoms with Gasteiger partial charge in [0, 0.05) is 17.5 Å². The van der Waals surface area contributed by atoms with Gasteiger partial charge < -0.3 is 19.3 Å². The molecule has 6 saturated carbocycles. The molecule has 1 saturated heterocycles. The van der Waals surface area contributed by atoms with Gasteiger partial charge in [0.25, 0.3) is 0 Å². The number of nitrogens with zero attached hydrogens (tertiary/aromatic N) is 3. The Kier molecular flexibility index (Phi) is 9.54. The van der Waals surface area contributed by atoms with Gasteiger partial charge in [-0.1, -0.05) is 96.1 Å². The summed E-state index contributed by atoms with van der Waals surface area (Å²) in [5.74, 6) is 1.54. The number of carboxylic acids is 1. The van der Waals surface area contributed by atoms with Crippen LogP contribution in [0.4, 0.5) is 0 Å². The Hall–Kier alpha value is -3.49. The molecule has 2 unspecified atom stereocenters. The van der Waals surface area contributed by atoms with Gasteiger partial charge in [-0.3, -0.25) is 14.4 Å². The van der Waals surface area contributed by atoms with E-state index in [1.165, 1.54) is 5.57 Å². The van der Waals surface area contributed by atoms with Crippen LogP contribution in [0.1, 0.15) is 151 Å². The molecule has 0 bridgehead atoms. The van der Waals surface area contributed by atoms with E-state index in [1.54, 1.807) is 0 Å². The Balaban J connectivity index is 0.968. The van der Waals surface area contributed by atoms with Crippen molar-refractivity contribution >= 4 is 17.8 Å². The second-order valence-electron chi connectivity index (χ2n) is 22.6. The van der Waals surface area contributed by atoms with E-state index in [-0.39, 0.29) is 51.6 Å². The molecule has 9 heteroatoms. The summed E-state index contributed by atoms with van der Waals surface area (Å²) in [5, 5.41) is 14.1. The summed E-state index contributed by atoms with van der Waals surface area (Å²) in [6.07, 6.45) is 12.3. The van der Waals surface area contributed by atoms with Crippen molar-refractivity contribution in [1.29, 1.82) is 0 Å². The molecule has 2 heterocycles. The molecule has 0 spiro atoms. The third-order valence-electron chi connectivity index (χ3n) is 19.8. The molecule has 1 amide bonds. The number of amides is 1. The Morgan fingerprint density at radius 3 is 2.27 bits per heavy atom. The van der Waals surface area contributed by atoms with Crippen molar-refractivity contribution in [2.45, 2.75) is 151 Å². The highest BCUT2D eigenvalue weighted by molar-refractivity contribution is 5.85. The molecule has 1 aromatic heterocycles. The van der Waals surface area contributed by atoms with Crippen LogP contribution >= 0.6 is 0 Å². The van der Waals surface area contributed by atoms with Crippen molar-refractivity contribution in [3.63, 3.8) is 0 Å². The summed E-state index contributed by atoms with van der Waals surface area (Å²) in [6, 6.07) is 9.74. The molecular weight excluding hydrogens is 739 g/mol. The Morgan fingerprint density at radius 2 is 1.58 bits per heavy atom. The van der Waals surface area contributed by atoms with Gasteiger partial charge >= 0.3 is 11.9 Å². The van der Waals surface area contributed by atoms with Crippen LogP contribution in [0.2, 0.25) is 0 Å². The van der Waals surface area contributed by atoms with Gasteiger partial charge in [0.2, 0.25) is 17.6 Å². The maximum Gasteiger partial charge on any atom is 0.309 e. The van der Waals surface area contributed by atoms with E-state index in [4.69, 9.17) is 14.2 Å². The number of carbonyl (C=O) groups is 3. The van der Waals surface area contributed by atoms with Crippen molar-refractivity contribution in [2.75, 3.05) is 6.54 Å². The maximum absolute atomic E-state index is 15.5. The number of esters is 1. The standard InChI is InChI=1S/C50H69N3O6/c1-29(2)31-19-24-50(44(57)53-27-13-16-35(53)41-51-40(52-59-41)30-14-11-10-12-15-30)26-25-48(8)32(39(31)50)17-18-37-47(7)22-21-38(46(5,6)36(47)20-23-49(37,48)9)58-43(56)34-28-33(42(54)55)45(34,3)4/h10-12,14-15,31-39H,1,13,16-28H2,2-9H3,(H,54,55)/t31-,32+,33?,34?,35+,36-,37+,38-,39+,47-,48+,49+,50-/m0/s1. The van der Waals surface area contributed by atoms with Crippen LogP contribution in [-0.2, 0) is 19.1 Å². The molecule has 7 aliphatic rings. The monoisotopic (exact) mass is 808 g/mol. The van der Waals surface area contributed by atoms with Crippen molar-refractivity contribution in [1.82, 2.24) is 15.0 Å². The lowest BCUT2D eigenvalue weighted by molar-refractivity contribution is -0.251. The Bertz CT molecular complexity index is 2020. The van der Waals surface area contributed by atoms with Crippen LogP contribution in [0.3, 0.4) is 0 Å². The minimum absolute atomic E-state index is 0.0851. The quantitative estimate of drug-likeness (QED) is 0.217. The first kappa shape index (κ1) is 40.9. The molecule has 6 aliphatic carbocycles. The van der Waals surface area contributed by atoms with Gasteiger partial charge in [0.05, 0.1) is 17.3 Å². The third kappa shape index (κ3) is 5.69. The maximum atomic E-state index is 15.5. The van der Waals surface area contributed by atoms with E-state index < -0.39 is 22.7 Å². The number of ether oxygens (including phenoxy) is 1. The van der Waals surface area contributed by atoms with E-state index in [0.717, 1.165) is 89.2 Å². The van der Waals surface area contributed by atoms with Crippen LogP contribution in [0, 0.1) is 73.9 Å². The van der Waals surface area contributed by atoms with Gasteiger partial charge in [-0.05, 0) is 142 Å². The normalized spacial score (nSPS) is 43.0. The molecule has 9 rings (SSSR count). The average molecular weight is 808 g/mol. The minimum atomic E-state index is -0.821. The van der Waals surface area contributed by atoms with Gasteiger partial charge in [0.15, 0.2) is 0 Å². The van der Waals surface area contributed by atoms with Crippen LogP contribution in [0.25, 0.3) is 11.4 Å². The fourth-order valence-corrected chi connectivity index (χ4v) is 16.3. The molecule has 2 aromatic rings. The van der Waals surface area contributed by atoms with Crippen LogP contribution in [0.15, 0.2) is 47.0 Å². The Morgan fingerprint density at radius 1 is 0.831 bits per heavy atom. The molecule has 1 N–H and O–H groups in total. The predicted molar refractivity (Wildman–Crippen MR) is 225 cm³/mol. The minimum Gasteiger partial charge on any atom is -0.481 e. The molecule has 7 fully saturated rings. The SMILES string of the molecule is C=C(C)[C@@H]1CC[C@]2(C(=O)N3CCC[C@@H]3c3nc(-c4ccccc4)no3)CC[C@]3(C)[C@H](CC[C@@H]4[C@@]5(C)CC[C@H](OC(=O)C6CC(C(=O)O)C6(C)C)C(C)(C)[C@@H]5CC[C@]43C)[C@@H]12. The highest BCUT2D eigenvalue weighted by Gasteiger charge is 2.72. The second-order valence-corrected chi connectivity index (χ2v) is 22.6. The number of likely N-dealkylation sites (tertiary alicyclic amines) is 1. The summed E-state index contributed by atoms with van der Waals surface area (Å²) >= 11 is 0. The number of hydrogen-bond acceptors (Lipinski definition) is 7. The number of rotatable bonds is 7. The van der Waals surface area contributed by atoms with Crippen molar-refractivity contribution in [2.24, 2.45) is 73.9 Å². The summed E-state index contributed by atoms with van der Waals surface area (Å²) in [5.41, 5.74) is 1.26. The average Bonchev–Trinajstić information content (AvgIpc) is 3.95. The lowest BCUT2D eigenvalue weighted by atomic mass is 9.32. The van der Waals surface area contributed by atoms with E-state index in [9.17, 15) is 14.7 Å². The smallest absolute Gasteiger partial charge is 0.309 e. The second kappa shape index (κ2) is 13.8. The summed E-state index contributed by atoms with van der Waals surface area (Å²) in [6.45, 7) is 23.9. The number of fused-ring (bicyclic) bond motifs is 7.